The Morgan fingerprint density at radius 2 is 2.17 bits per heavy atom. The zero-order chi connectivity index (χ0) is 15.9. The fourth-order valence-electron chi connectivity index (χ4n) is 1.85. The molecule has 0 atom stereocenters. The first-order valence-corrected chi connectivity index (χ1v) is 7.50. The summed E-state index contributed by atoms with van der Waals surface area (Å²) >= 11 is 1.46. The van der Waals surface area contributed by atoms with E-state index in [1.807, 2.05) is 17.5 Å². The van der Waals surface area contributed by atoms with Crippen molar-refractivity contribution in [3.05, 3.63) is 46.2 Å². The lowest BCUT2D eigenvalue weighted by molar-refractivity contribution is 0.0942. The molecular formula is C15H18ClN3O3S. The second kappa shape index (κ2) is 9.14. The summed E-state index contributed by atoms with van der Waals surface area (Å²) in [4.78, 5) is 12.9. The van der Waals surface area contributed by atoms with E-state index in [0.717, 1.165) is 4.88 Å². The number of hydrogen-bond acceptors (Lipinski definition) is 5. The van der Waals surface area contributed by atoms with Crippen LogP contribution in [0.1, 0.15) is 15.2 Å². The molecule has 2 rings (SSSR count). The molecule has 0 aliphatic heterocycles. The second-order valence-electron chi connectivity index (χ2n) is 4.37. The van der Waals surface area contributed by atoms with Gasteiger partial charge < -0.3 is 20.5 Å². The molecular weight excluding hydrogens is 338 g/mol. The molecule has 23 heavy (non-hydrogen) atoms. The van der Waals surface area contributed by atoms with Gasteiger partial charge in [0.2, 0.25) is 0 Å². The number of thiophene rings is 1. The molecule has 0 bridgehead atoms. The van der Waals surface area contributed by atoms with Gasteiger partial charge in [-0.25, -0.2) is 0 Å². The van der Waals surface area contributed by atoms with Crippen molar-refractivity contribution in [2.45, 2.75) is 0 Å². The molecule has 0 aliphatic carbocycles. The van der Waals surface area contributed by atoms with E-state index >= 15 is 0 Å². The van der Waals surface area contributed by atoms with Gasteiger partial charge >= 0.3 is 0 Å². The van der Waals surface area contributed by atoms with Gasteiger partial charge in [0.05, 0.1) is 24.2 Å². The van der Waals surface area contributed by atoms with Crippen LogP contribution in [0.2, 0.25) is 0 Å². The van der Waals surface area contributed by atoms with Crippen molar-refractivity contribution in [3.63, 3.8) is 0 Å². The zero-order valence-corrected chi connectivity index (χ0v) is 14.1. The first-order valence-electron chi connectivity index (χ1n) is 6.62. The third kappa shape index (κ3) is 4.95. The predicted molar refractivity (Wildman–Crippen MR) is 94.4 cm³/mol. The molecule has 0 aliphatic rings. The third-order valence-corrected chi connectivity index (χ3v) is 3.77. The van der Waals surface area contributed by atoms with Crippen molar-refractivity contribution in [2.75, 3.05) is 25.6 Å². The highest BCUT2D eigenvalue weighted by molar-refractivity contribution is 7.12. The molecule has 0 radical (unpaired) electrons. The lowest BCUT2D eigenvalue weighted by atomic mass is 10.1. The number of aliphatic hydroxyl groups excluding tert-OH is 1. The number of aliphatic hydroxyl groups is 1. The van der Waals surface area contributed by atoms with E-state index in [1.54, 1.807) is 18.2 Å². The van der Waals surface area contributed by atoms with Crippen LogP contribution in [0, 0.1) is 5.41 Å². The average molecular weight is 356 g/mol. The van der Waals surface area contributed by atoms with Crippen molar-refractivity contribution < 1.29 is 14.6 Å². The third-order valence-electron chi connectivity index (χ3n) is 2.88. The van der Waals surface area contributed by atoms with E-state index in [1.165, 1.54) is 18.4 Å². The van der Waals surface area contributed by atoms with Crippen molar-refractivity contribution in [1.29, 1.82) is 5.41 Å². The van der Waals surface area contributed by atoms with E-state index in [-0.39, 0.29) is 37.3 Å². The number of halogens is 1. The van der Waals surface area contributed by atoms with Crippen molar-refractivity contribution in [1.82, 2.24) is 5.32 Å². The summed E-state index contributed by atoms with van der Waals surface area (Å²) in [5, 5.41) is 24.2. The van der Waals surface area contributed by atoms with Gasteiger partial charge in [-0.15, -0.1) is 23.7 Å². The van der Waals surface area contributed by atoms with Gasteiger partial charge in [0.1, 0.15) is 11.6 Å². The predicted octanol–water partition coefficient (Wildman–Crippen LogP) is 2.34. The molecule has 0 saturated carbocycles. The molecule has 124 valence electrons. The van der Waals surface area contributed by atoms with E-state index < -0.39 is 0 Å². The number of carbonyl (C=O) groups is 1. The highest BCUT2D eigenvalue weighted by Gasteiger charge is 2.13. The SMILES string of the molecule is COc1ccc(NC(=N)c2cccs2)cc1C(=O)NCCO.Cl. The number of anilines is 1. The minimum absolute atomic E-state index is 0. The first-order chi connectivity index (χ1) is 10.7. The van der Waals surface area contributed by atoms with E-state index in [4.69, 9.17) is 15.3 Å². The Labute approximate surface area is 144 Å². The van der Waals surface area contributed by atoms with E-state index in [2.05, 4.69) is 10.6 Å². The Balaban J connectivity index is 0.00000264. The summed E-state index contributed by atoms with van der Waals surface area (Å²) < 4.78 is 5.18. The summed E-state index contributed by atoms with van der Waals surface area (Å²) in [5.74, 6) is 0.364. The van der Waals surface area contributed by atoms with Crippen LogP contribution in [0.15, 0.2) is 35.7 Å². The minimum atomic E-state index is -0.336. The molecule has 0 spiro atoms. The standard InChI is InChI=1S/C15H17N3O3S.ClH/c1-21-12-5-4-10(9-11(12)15(20)17-6-7-19)18-14(16)13-3-2-8-22-13;/h2-5,8-9,19H,6-7H2,1H3,(H2,16,18)(H,17,20);1H. The highest BCUT2D eigenvalue weighted by atomic mass is 35.5. The van der Waals surface area contributed by atoms with Crippen LogP contribution in [0.3, 0.4) is 0 Å². The van der Waals surface area contributed by atoms with Crippen LogP contribution < -0.4 is 15.4 Å². The van der Waals surface area contributed by atoms with Crippen LogP contribution in [-0.2, 0) is 0 Å². The molecule has 2 aromatic rings. The monoisotopic (exact) mass is 355 g/mol. The lowest BCUT2D eigenvalue weighted by Gasteiger charge is -2.12. The highest BCUT2D eigenvalue weighted by Crippen LogP contribution is 2.23. The van der Waals surface area contributed by atoms with E-state index in [9.17, 15) is 4.79 Å². The summed E-state index contributed by atoms with van der Waals surface area (Å²) in [6.07, 6.45) is 0. The molecule has 0 saturated heterocycles. The Hall–Kier alpha value is -2.09. The Kier molecular flexibility index (Phi) is 7.53. The number of nitrogens with one attached hydrogen (secondary N) is 3. The van der Waals surface area contributed by atoms with Gasteiger partial charge in [-0.1, -0.05) is 6.07 Å². The normalized spacial score (nSPS) is 9.65. The topological polar surface area (TPSA) is 94.4 Å². The number of hydrogen-bond donors (Lipinski definition) is 4. The summed E-state index contributed by atoms with van der Waals surface area (Å²) in [6.45, 7) is 0.0413. The van der Waals surface area contributed by atoms with Gasteiger partial charge in [0.15, 0.2) is 0 Å². The van der Waals surface area contributed by atoms with Gasteiger partial charge in [-0.05, 0) is 29.6 Å². The van der Waals surface area contributed by atoms with Crippen molar-refractivity contribution in [2.24, 2.45) is 0 Å². The second-order valence-corrected chi connectivity index (χ2v) is 5.32. The van der Waals surface area contributed by atoms with Crippen LogP contribution in [0.5, 0.6) is 5.75 Å². The Morgan fingerprint density at radius 1 is 1.39 bits per heavy atom. The fourth-order valence-corrected chi connectivity index (χ4v) is 2.48. The summed E-state index contributed by atoms with van der Waals surface area (Å²) in [6, 6.07) is 8.74. The molecule has 1 heterocycles. The quantitative estimate of drug-likeness (QED) is 0.472. The number of ether oxygens (including phenoxy) is 1. The van der Waals surface area contributed by atoms with Crippen LogP contribution in [-0.4, -0.2) is 37.1 Å². The van der Waals surface area contributed by atoms with Crippen LogP contribution in [0.25, 0.3) is 0 Å². The molecule has 0 fully saturated rings. The lowest BCUT2D eigenvalue weighted by Crippen LogP contribution is -2.27. The van der Waals surface area contributed by atoms with Crippen LogP contribution in [0.4, 0.5) is 5.69 Å². The Bertz CT molecular complexity index is 662. The smallest absolute Gasteiger partial charge is 0.255 e. The molecule has 1 aromatic carbocycles. The molecule has 1 amide bonds. The summed E-state index contributed by atoms with van der Waals surface area (Å²) in [7, 11) is 1.49. The molecule has 8 heteroatoms. The summed E-state index contributed by atoms with van der Waals surface area (Å²) in [5.41, 5.74) is 0.966. The largest absolute Gasteiger partial charge is 0.496 e. The molecule has 6 nitrogen and oxygen atoms in total. The van der Waals surface area contributed by atoms with Gasteiger partial charge in [0.25, 0.3) is 5.91 Å². The van der Waals surface area contributed by atoms with Gasteiger partial charge in [-0.3, -0.25) is 10.2 Å². The number of benzene rings is 1. The maximum absolute atomic E-state index is 12.1. The Morgan fingerprint density at radius 3 is 2.78 bits per heavy atom. The van der Waals surface area contributed by atoms with Crippen molar-refractivity contribution in [3.8, 4) is 5.75 Å². The number of methoxy groups -OCH3 is 1. The number of rotatable bonds is 6. The maximum atomic E-state index is 12.1. The van der Waals surface area contributed by atoms with Crippen LogP contribution >= 0.6 is 23.7 Å². The molecule has 4 N–H and O–H groups in total. The number of amidine groups is 1. The molecule has 0 unspecified atom stereocenters. The number of amides is 1. The fraction of sp³-hybridized carbons (Fsp3) is 0.200. The minimum Gasteiger partial charge on any atom is -0.496 e. The maximum Gasteiger partial charge on any atom is 0.255 e. The average Bonchev–Trinajstić information content (AvgIpc) is 3.07. The first kappa shape index (κ1) is 19.0. The zero-order valence-electron chi connectivity index (χ0n) is 12.5. The van der Waals surface area contributed by atoms with Gasteiger partial charge in [0, 0.05) is 12.2 Å². The van der Waals surface area contributed by atoms with Crippen molar-refractivity contribution >= 4 is 41.2 Å². The number of carbonyl (C=O) groups excluding carboxylic acids is 1. The van der Waals surface area contributed by atoms with E-state index in [0.29, 0.717) is 17.0 Å². The van der Waals surface area contributed by atoms with Gasteiger partial charge in [-0.2, -0.15) is 0 Å². The molecule has 1 aromatic heterocycles.